The topological polar surface area (TPSA) is 46.5 Å². The largest absolute Gasteiger partial charge is 0.241 e. The van der Waals surface area contributed by atoms with E-state index in [0.717, 1.165) is 6.54 Å². The van der Waals surface area contributed by atoms with Gasteiger partial charge in [0.15, 0.2) is 0 Å². The van der Waals surface area contributed by atoms with Gasteiger partial charge in [0.2, 0.25) is 4.77 Å². The van der Waals surface area contributed by atoms with Crippen molar-refractivity contribution in [2.24, 2.45) is 0 Å². The molecule has 0 atom stereocenters. The molecule has 1 aliphatic carbocycles. The minimum absolute atomic E-state index is 0.381. The predicted octanol–water partition coefficient (Wildman–Crippen LogP) is 1.62. The van der Waals surface area contributed by atoms with Crippen molar-refractivity contribution < 1.29 is 0 Å². The molecule has 0 aliphatic heterocycles. The third-order valence-electron chi connectivity index (χ3n) is 2.68. The molecule has 1 aromatic heterocycles. The van der Waals surface area contributed by atoms with Crippen molar-refractivity contribution in [2.75, 3.05) is 6.26 Å². The van der Waals surface area contributed by atoms with Gasteiger partial charge in [-0.2, -0.15) is 17.0 Å². The maximum Gasteiger partial charge on any atom is 0.238 e. The molecule has 0 amide bonds. The van der Waals surface area contributed by atoms with Crippen LogP contribution >= 0.6 is 24.0 Å². The van der Waals surface area contributed by atoms with Gasteiger partial charge < -0.3 is 0 Å². The average Bonchev–Trinajstić information content (AvgIpc) is 2.44. The molecule has 1 N–H and O–H groups in total. The van der Waals surface area contributed by atoms with Crippen LogP contribution in [0.3, 0.4) is 0 Å². The van der Waals surface area contributed by atoms with E-state index in [4.69, 9.17) is 12.2 Å². The summed E-state index contributed by atoms with van der Waals surface area (Å²) in [6.45, 7) is 0.917. The van der Waals surface area contributed by atoms with Gasteiger partial charge in [0.1, 0.15) is 0 Å². The fraction of sp³-hybridized carbons (Fsp3) is 0.857. The molecule has 1 aliphatic rings. The summed E-state index contributed by atoms with van der Waals surface area (Å²) < 4.78 is 2.79. The molecular formula is C7H12N4S2. The van der Waals surface area contributed by atoms with Crippen molar-refractivity contribution in [3.05, 3.63) is 4.77 Å². The summed E-state index contributed by atoms with van der Waals surface area (Å²) in [6, 6.07) is 0. The van der Waals surface area contributed by atoms with Crippen LogP contribution < -0.4 is 0 Å². The summed E-state index contributed by atoms with van der Waals surface area (Å²) in [6.07, 6.45) is 6.03. The molecule has 1 aromatic rings. The second-order valence-corrected chi connectivity index (χ2v) is 5.05. The summed E-state index contributed by atoms with van der Waals surface area (Å²) in [5.74, 6) is 0. The highest BCUT2D eigenvalue weighted by atomic mass is 32.2. The van der Waals surface area contributed by atoms with Gasteiger partial charge in [-0.1, -0.05) is 16.7 Å². The lowest BCUT2D eigenvalue weighted by atomic mass is 9.84. The fourth-order valence-corrected chi connectivity index (χ4v) is 2.71. The quantitative estimate of drug-likeness (QED) is 0.780. The maximum atomic E-state index is 5.02. The van der Waals surface area contributed by atoms with Gasteiger partial charge in [-0.15, -0.1) is 0 Å². The number of rotatable bonds is 3. The van der Waals surface area contributed by atoms with E-state index in [9.17, 15) is 0 Å². The molecule has 6 heteroatoms. The molecule has 0 aromatic carbocycles. The normalized spacial score (nSPS) is 19.8. The number of hydrogen-bond donors (Lipinski definition) is 1. The Labute approximate surface area is 86.1 Å². The smallest absolute Gasteiger partial charge is 0.238 e. The van der Waals surface area contributed by atoms with Crippen LogP contribution in [-0.4, -0.2) is 31.2 Å². The van der Waals surface area contributed by atoms with E-state index in [-0.39, 0.29) is 0 Å². The SMILES string of the molecule is CSC1(Cn2[nH]nnc2=S)CCC1. The molecule has 0 saturated heterocycles. The standard InChI is InChI=1S/C7H12N4S2/c1-13-7(3-2-4-7)5-11-6(12)8-9-10-11/h2-5H2,1H3,(H,8,10,12). The van der Waals surface area contributed by atoms with Crippen LogP contribution in [0.15, 0.2) is 0 Å². The highest BCUT2D eigenvalue weighted by Crippen LogP contribution is 2.43. The summed E-state index contributed by atoms with van der Waals surface area (Å²) in [7, 11) is 0. The minimum Gasteiger partial charge on any atom is -0.241 e. The molecule has 0 unspecified atom stereocenters. The third-order valence-corrected chi connectivity index (χ3v) is 4.38. The Morgan fingerprint density at radius 3 is 2.85 bits per heavy atom. The van der Waals surface area contributed by atoms with E-state index < -0.39 is 0 Å². The molecule has 1 fully saturated rings. The third kappa shape index (κ3) is 1.65. The van der Waals surface area contributed by atoms with E-state index in [0.29, 0.717) is 9.52 Å². The molecule has 2 rings (SSSR count). The van der Waals surface area contributed by atoms with E-state index in [1.807, 2.05) is 16.4 Å². The van der Waals surface area contributed by atoms with Crippen LogP contribution in [0.1, 0.15) is 19.3 Å². The van der Waals surface area contributed by atoms with Gasteiger partial charge >= 0.3 is 0 Å². The summed E-state index contributed by atoms with van der Waals surface area (Å²) in [5, 5.41) is 10.2. The van der Waals surface area contributed by atoms with Gasteiger partial charge in [-0.05, 0) is 31.3 Å². The van der Waals surface area contributed by atoms with Crippen molar-refractivity contribution in [1.29, 1.82) is 0 Å². The Kier molecular flexibility index (Phi) is 2.42. The lowest BCUT2D eigenvalue weighted by Crippen LogP contribution is -2.38. The summed E-state index contributed by atoms with van der Waals surface area (Å²) in [5.41, 5.74) is 0. The molecule has 0 bridgehead atoms. The molecule has 13 heavy (non-hydrogen) atoms. The molecule has 1 saturated carbocycles. The average molecular weight is 216 g/mol. The van der Waals surface area contributed by atoms with E-state index in [1.54, 1.807) is 0 Å². The number of thioether (sulfide) groups is 1. The van der Waals surface area contributed by atoms with Crippen LogP contribution in [0.5, 0.6) is 0 Å². The zero-order valence-corrected chi connectivity index (χ0v) is 9.12. The van der Waals surface area contributed by atoms with Gasteiger partial charge in [0, 0.05) is 4.75 Å². The Bertz CT molecular complexity index is 333. The van der Waals surface area contributed by atoms with Crippen LogP contribution in [0.2, 0.25) is 0 Å². The van der Waals surface area contributed by atoms with Gasteiger partial charge in [-0.25, -0.2) is 4.68 Å². The first-order chi connectivity index (χ1) is 6.26. The van der Waals surface area contributed by atoms with Crippen LogP contribution in [0.25, 0.3) is 0 Å². The Balaban J connectivity index is 2.13. The highest BCUT2D eigenvalue weighted by molar-refractivity contribution is 8.00. The first kappa shape index (κ1) is 9.21. The second kappa shape index (κ2) is 3.42. The number of nitrogens with zero attached hydrogens (tertiary/aromatic N) is 3. The second-order valence-electron chi connectivity index (χ2n) is 3.41. The lowest BCUT2D eigenvalue weighted by molar-refractivity contribution is 0.306. The van der Waals surface area contributed by atoms with E-state index >= 15 is 0 Å². The lowest BCUT2D eigenvalue weighted by Gasteiger charge is -2.40. The fourth-order valence-electron chi connectivity index (χ4n) is 1.60. The maximum absolute atomic E-state index is 5.02. The zero-order chi connectivity index (χ0) is 9.31. The Morgan fingerprint density at radius 2 is 2.46 bits per heavy atom. The van der Waals surface area contributed by atoms with Crippen molar-refractivity contribution in [1.82, 2.24) is 20.2 Å². The molecular weight excluding hydrogens is 204 g/mol. The molecule has 72 valence electrons. The van der Waals surface area contributed by atoms with E-state index in [2.05, 4.69) is 21.8 Å². The Morgan fingerprint density at radius 1 is 1.69 bits per heavy atom. The minimum atomic E-state index is 0.381. The molecule has 0 spiro atoms. The number of hydrogen-bond acceptors (Lipinski definition) is 4. The first-order valence-electron chi connectivity index (χ1n) is 4.29. The predicted molar refractivity (Wildman–Crippen MR) is 55.3 cm³/mol. The van der Waals surface area contributed by atoms with Gasteiger partial charge in [0.25, 0.3) is 0 Å². The van der Waals surface area contributed by atoms with Gasteiger partial charge in [-0.3, -0.25) is 0 Å². The van der Waals surface area contributed by atoms with Crippen LogP contribution in [0.4, 0.5) is 0 Å². The van der Waals surface area contributed by atoms with Gasteiger partial charge in [0.05, 0.1) is 6.54 Å². The highest BCUT2D eigenvalue weighted by Gasteiger charge is 2.36. The zero-order valence-electron chi connectivity index (χ0n) is 7.49. The summed E-state index contributed by atoms with van der Waals surface area (Å²) in [4.78, 5) is 0. The number of nitrogens with one attached hydrogen (secondary N) is 1. The van der Waals surface area contributed by atoms with E-state index in [1.165, 1.54) is 19.3 Å². The molecule has 0 radical (unpaired) electrons. The molecule has 4 nitrogen and oxygen atoms in total. The molecule has 1 heterocycles. The van der Waals surface area contributed by atoms with Crippen molar-refractivity contribution in [3.8, 4) is 0 Å². The van der Waals surface area contributed by atoms with Crippen molar-refractivity contribution in [3.63, 3.8) is 0 Å². The van der Waals surface area contributed by atoms with Crippen molar-refractivity contribution in [2.45, 2.75) is 30.6 Å². The van der Waals surface area contributed by atoms with Crippen LogP contribution in [-0.2, 0) is 6.54 Å². The number of aromatic amines is 1. The van der Waals surface area contributed by atoms with Crippen LogP contribution in [0, 0.1) is 4.77 Å². The number of tetrazole rings is 1. The van der Waals surface area contributed by atoms with Crippen molar-refractivity contribution >= 4 is 24.0 Å². The monoisotopic (exact) mass is 216 g/mol. The Hall–Kier alpha value is -0.360. The number of aromatic nitrogens is 4. The first-order valence-corrected chi connectivity index (χ1v) is 5.92. The summed E-state index contributed by atoms with van der Waals surface area (Å²) >= 11 is 6.95. The number of H-pyrrole nitrogens is 1.